The highest BCUT2D eigenvalue weighted by Gasteiger charge is 2.29. The van der Waals surface area contributed by atoms with Crippen LogP contribution in [0, 0.1) is 12.8 Å². The van der Waals surface area contributed by atoms with E-state index in [-0.39, 0.29) is 23.1 Å². The maximum atomic E-state index is 12.2. The number of rotatable bonds is 8. The first-order valence-corrected chi connectivity index (χ1v) is 10.6. The van der Waals surface area contributed by atoms with E-state index >= 15 is 0 Å². The number of aryl methyl sites for hydroxylation is 1. The molecule has 0 saturated heterocycles. The third kappa shape index (κ3) is 5.02. The van der Waals surface area contributed by atoms with Crippen molar-refractivity contribution in [3.63, 3.8) is 0 Å². The lowest BCUT2D eigenvalue weighted by atomic mass is 10.1. The first kappa shape index (κ1) is 20.9. The Morgan fingerprint density at radius 2 is 2.00 bits per heavy atom. The van der Waals surface area contributed by atoms with Gasteiger partial charge in [0.1, 0.15) is 11.5 Å². The SMILES string of the molecule is COC(=O)c1nc(Sc2ccc(CC(=O)C3CC3)cc2)nc(Nc2cc(C)[nH]n2)c1N. The summed E-state index contributed by atoms with van der Waals surface area (Å²) in [6.07, 6.45) is 2.48. The molecular weight excluding hydrogens is 416 g/mol. The number of carbonyl (C=O) groups is 2. The van der Waals surface area contributed by atoms with Crippen LogP contribution in [0.2, 0.25) is 0 Å². The molecule has 0 radical (unpaired) electrons. The van der Waals surface area contributed by atoms with Gasteiger partial charge in [-0.2, -0.15) is 5.10 Å². The number of benzene rings is 1. The summed E-state index contributed by atoms with van der Waals surface area (Å²) < 4.78 is 4.81. The minimum atomic E-state index is -0.656. The lowest BCUT2D eigenvalue weighted by Crippen LogP contribution is -2.13. The number of nitrogens with one attached hydrogen (secondary N) is 2. The smallest absolute Gasteiger partial charge is 0.359 e. The number of ether oxygens (including phenoxy) is 1. The van der Waals surface area contributed by atoms with Crippen molar-refractivity contribution in [2.24, 2.45) is 5.92 Å². The maximum absolute atomic E-state index is 12.2. The fourth-order valence-electron chi connectivity index (χ4n) is 2.98. The molecule has 2 heterocycles. The molecule has 1 saturated carbocycles. The molecule has 0 aliphatic heterocycles. The quantitative estimate of drug-likeness (QED) is 0.357. The average Bonchev–Trinajstić information content (AvgIpc) is 3.53. The zero-order chi connectivity index (χ0) is 22.0. The van der Waals surface area contributed by atoms with E-state index in [1.165, 1.54) is 18.9 Å². The highest BCUT2D eigenvalue weighted by atomic mass is 32.2. The van der Waals surface area contributed by atoms with Gasteiger partial charge in [-0.15, -0.1) is 0 Å². The van der Waals surface area contributed by atoms with Crippen molar-refractivity contribution in [1.82, 2.24) is 20.2 Å². The van der Waals surface area contributed by atoms with E-state index in [1.807, 2.05) is 31.2 Å². The summed E-state index contributed by atoms with van der Waals surface area (Å²) in [5.74, 6) is 0.667. The van der Waals surface area contributed by atoms with Gasteiger partial charge in [0.2, 0.25) is 0 Å². The summed E-state index contributed by atoms with van der Waals surface area (Å²) in [5.41, 5.74) is 7.99. The van der Waals surface area contributed by atoms with E-state index in [2.05, 4.69) is 25.5 Å². The molecule has 160 valence electrons. The Morgan fingerprint density at radius 3 is 2.61 bits per heavy atom. The highest BCUT2D eigenvalue weighted by Crippen LogP contribution is 2.32. The van der Waals surface area contributed by atoms with E-state index in [0.29, 0.717) is 23.2 Å². The number of ketones is 1. The molecule has 1 fully saturated rings. The molecule has 1 aromatic carbocycles. The molecule has 31 heavy (non-hydrogen) atoms. The Kier molecular flexibility index (Phi) is 5.90. The number of aromatic amines is 1. The van der Waals surface area contributed by atoms with E-state index in [1.54, 1.807) is 6.07 Å². The van der Waals surface area contributed by atoms with Gasteiger partial charge in [0.25, 0.3) is 0 Å². The molecular formula is C21H22N6O3S. The summed E-state index contributed by atoms with van der Waals surface area (Å²) >= 11 is 1.28. The summed E-state index contributed by atoms with van der Waals surface area (Å²) in [6.45, 7) is 1.87. The van der Waals surface area contributed by atoms with Crippen molar-refractivity contribution in [2.45, 2.75) is 36.2 Å². The molecule has 1 aliphatic carbocycles. The van der Waals surface area contributed by atoms with Gasteiger partial charge >= 0.3 is 5.97 Å². The van der Waals surface area contributed by atoms with Gasteiger partial charge in [-0.3, -0.25) is 9.89 Å². The van der Waals surface area contributed by atoms with Crippen LogP contribution in [-0.4, -0.2) is 39.0 Å². The molecule has 9 nitrogen and oxygen atoms in total. The Balaban J connectivity index is 1.57. The minimum absolute atomic E-state index is 0.0265. The molecule has 3 aromatic rings. The summed E-state index contributed by atoms with van der Waals surface area (Å²) in [7, 11) is 1.27. The van der Waals surface area contributed by atoms with Crippen LogP contribution in [0.5, 0.6) is 0 Å². The van der Waals surface area contributed by atoms with E-state index < -0.39 is 5.97 Å². The second-order valence-corrected chi connectivity index (χ2v) is 8.37. The van der Waals surface area contributed by atoms with Crippen molar-refractivity contribution in [3.8, 4) is 0 Å². The van der Waals surface area contributed by atoms with Gasteiger partial charge in [-0.1, -0.05) is 12.1 Å². The molecule has 2 aromatic heterocycles. The van der Waals surface area contributed by atoms with Crippen LogP contribution in [0.4, 0.5) is 17.3 Å². The predicted molar refractivity (Wildman–Crippen MR) is 116 cm³/mol. The van der Waals surface area contributed by atoms with Crippen LogP contribution in [0.15, 0.2) is 40.4 Å². The fourth-order valence-corrected chi connectivity index (χ4v) is 3.73. The van der Waals surface area contributed by atoms with Crippen LogP contribution in [0.3, 0.4) is 0 Å². The lowest BCUT2D eigenvalue weighted by Gasteiger charge is -2.11. The number of aromatic nitrogens is 4. The van der Waals surface area contributed by atoms with Crippen molar-refractivity contribution < 1.29 is 14.3 Å². The summed E-state index contributed by atoms with van der Waals surface area (Å²) in [4.78, 5) is 33.8. The number of carbonyl (C=O) groups excluding carboxylic acids is 2. The van der Waals surface area contributed by atoms with Crippen LogP contribution in [-0.2, 0) is 16.0 Å². The predicted octanol–water partition coefficient (Wildman–Crippen LogP) is 3.29. The summed E-state index contributed by atoms with van der Waals surface area (Å²) in [6, 6.07) is 9.44. The standard InChI is InChI=1S/C21H22N6O3S/c1-11-9-16(27-26-11)23-19-17(22)18(20(29)30-2)24-21(25-19)31-14-7-3-12(4-8-14)10-15(28)13-5-6-13/h3-4,7-9,13H,5-6,10,22H2,1-2H3,(H2,23,24,25,26,27). The lowest BCUT2D eigenvalue weighted by molar-refractivity contribution is -0.119. The first-order valence-electron chi connectivity index (χ1n) is 9.77. The summed E-state index contributed by atoms with van der Waals surface area (Å²) in [5, 5.41) is 10.3. The molecule has 4 rings (SSSR count). The Labute approximate surface area is 183 Å². The van der Waals surface area contributed by atoms with Gasteiger partial charge in [0, 0.05) is 29.0 Å². The van der Waals surface area contributed by atoms with Gasteiger partial charge in [0.05, 0.1) is 7.11 Å². The van der Waals surface area contributed by atoms with Gasteiger partial charge in [0.15, 0.2) is 22.5 Å². The van der Waals surface area contributed by atoms with Crippen molar-refractivity contribution in [1.29, 1.82) is 0 Å². The number of hydrogen-bond acceptors (Lipinski definition) is 9. The number of nitrogen functional groups attached to an aromatic ring is 1. The molecule has 0 spiro atoms. The number of methoxy groups -OCH3 is 1. The van der Waals surface area contributed by atoms with Crippen LogP contribution in [0.25, 0.3) is 0 Å². The first-order chi connectivity index (χ1) is 14.9. The van der Waals surface area contributed by atoms with Crippen LogP contribution < -0.4 is 11.1 Å². The third-order valence-corrected chi connectivity index (χ3v) is 5.67. The zero-order valence-corrected chi connectivity index (χ0v) is 18.0. The number of hydrogen-bond donors (Lipinski definition) is 3. The molecule has 0 atom stereocenters. The largest absolute Gasteiger partial charge is 0.464 e. The van der Waals surface area contributed by atoms with E-state index in [9.17, 15) is 9.59 Å². The topological polar surface area (TPSA) is 136 Å². The van der Waals surface area contributed by atoms with Gasteiger partial charge in [-0.25, -0.2) is 14.8 Å². The molecule has 4 N–H and O–H groups in total. The number of anilines is 3. The second kappa shape index (κ2) is 8.76. The van der Waals surface area contributed by atoms with Gasteiger partial charge < -0.3 is 15.8 Å². The minimum Gasteiger partial charge on any atom is -0.464 e. The maximum Gasteiger partial charge on any atom is 0.359 e. The second-order valence-electron chi connectivity index (χ2n) is 7.33. The van der Waals surface area contributed by atoms with E-state index in [0.717, 1.165) is 29.0 Å². The van der Waals surface area contributed by atoms with Crippen LogP contribution in [0.1, 0.15) is 34.6 Å². The van der Waals surface area contributed by atoms with Crippen molar-refractivity contribution in [2.75, 3.05) is 18.2 Å². The number of esters is 1. The number of nitrogens with zero attached hydrogens (tertiary/aromatic N) is 3. The molecule has 0 amide bonds. The molecule has 10 heteroatoms. The number of nitrogens with two attached hydrogens (primary N) is 1. The average molecular weight is 439 g/mol. The Bertz CT molecular complexity index is 1120. The zero-order valence-electron chi connectivity index (χ0n) is 17.1. The van der Waals surface area contributed by atoms with E-state index in [4.69, 9.17) is 10.5 Å². The normalized spacial score (nSPS) is 13.1. The van der Waals surface area contributed by atoms with Crippen molar-refractivity contribution in [3.05, 3.63) is 47.3 Å². The Morgan fingerprint density at radius 1 is 1.26 bits per heavy atom. The monoisotopic (exact) mass is 438 g/mol. The number of H-pyrrole nitrogens is 1. The molecule has 0 unspecified atom stereocenters. The molecule has 1 aliphatic rings. The highest BCUT2D eigenvalue weighted by molar-refractivity contribution is 7.99. The van der Waals surface area contributed by atoms with Crippen molar-refractivity contribution >= 4 is 40.8 Å². The third-order valence-electron chi connectivity index (χ3n) is 4.80. The van der Waals surface area contributed by atoms with Crippen LogP contribution >= 0.6 is 11.8 Å². The van der Waals surface area contributed by atoms with Gasteiger partial charge in [-0.05, 0) is 49.2 Å². The Hall–Kier alpha value is -3.40. The number of Topliss-reactive ketones (excluding diaryl/α,β-unsaturated/α-hetero) is 1. The fraction of sp³-hybridized carbons (Fsp3) is 0.286. The molecule has 0 bridgehead atoms.